The molecule has 0 radical (unpaired) electrons. The van der Waals surface area contributed by atoms with Crippen molar-refractivity contribution in [3.63, 3.8) is 0 Å². The van der Waals surface area contributed by atoms with Gasteiger partial charge in [-0.2, -0.15) is 0 Å². The highest BCUT2D eigenvalue weighted by molar-refractivity contribution is 3.80. The average Bonchev–Trinajstić information content (AvgIpc) is 1.65. The standard InChI is InChI=1S/H6N4O4/c1-3(6)8-4(7)2-5/h2-5H,1H2. The number of nitrogens with two attached hydrogens (primary N) is 1. The number of hydrogen-bond acceptors (Lipinski definition) is 6. The summed E-state index contributed by atoms with van der Waals surface area (Å²) in [5, 5.41) is 24.4. The lowest BCUT2D eigenvalue weighted by Crippen LogP contribution is -3.31. The molecule has 8 heteroatoms. The lowest BCUT2D eigenvalue weighted by molar-refractivity contribution is -1.34. The molecule has 6 N–H and O–H groups in total. The van der Waals surface area contributed by atoms with Crippen LogP contribution in [-0.4, -0.2) is 5.21 Å². The van der Waals surface area contributed by atoms with E-state index in [1.807, 2.05) is 0 Å². The molecule has 2 unspecified atom stereocenters. The van der Waals surface area contributed by atoms with Gasteiger partial charge in [0.2, 0.25) is 0 Å². The SMILES string of the molecule is N[NH+]([O-])O[NH+]([O-])NO. The van der Waals surface area contributed by atoms with E-state index in [-0.39, 0.29) is 0 Å². The highest BCUT2D eigenvalue weighted by atomic mass is 17.1. The van der Waals surface area contributed by atoms with E-state index in [9.17, 15) is 10.4 Å². The monoisotopic (exact) mass is 126 g/mol. The van der Waals surface area contributed by atoms with Crippen LogP contribution >= 0.6 is 0 Å². The van der Waals surface area contributed by atoms with Crippen LogP contribution in [0.5, 0.6) is 0 Å². The van der Waals surface area contributed by atoms with E-state index >= 15 is 0 Å². The molecule has 0 aliphatic carbocycles. The van der Waals surface area contributed by atoms with E-state index in [0.717, 1.165) is 5.59 Å². The van der Waals surface area contributed by atoms with Crippen LogP contribution in [0.25, 0.3) is 0 Å². The Hall–Kier alpha value is -0.320. The van der Waals surface area contributed by atoms with Crippen molar-refractivity contribution in [2.24, 2.45) is 5.84 Å². The summed E-state index contributed by atoms with van der Waals surface area (Å²) in [5.74, 6) is 4.34. The fraction of sp³-hybridized carbons (Fsp3) is 0. The summed E-state index contributed by atoms with van der Waals surface area (Å²) in [7, 11) is 0. The highest BCUT2D eigenvalue weighted by Gasteiger charge is 1.95. The molecule has 0 aromatic carbocycles. The molecule has 0 aliphatic heterocycles. The second-order valence-corrected chi connectivity index (χ2v) is 0.820. The van der Waals surface area contributed by atoms with Crippen LogP contribution in [0.15, 0.2) is 0 Å². The molecule has 0 heterocycles. The Morgan fingerprint density at radius 3 is 2.25 bits per heavy atom. The molecule has 0 rings (SSSR count). The Morgan fingerprint density at radius 1 is 1.62 bits per heavy atom. The molecule has 0 aromatic heterocycles. The van der Waals surface area contributed by atoms with Crippen molar-refractivity contribution in [1.82, 2.24) is 5.59 Å². The van der Waals surface area contributed by atoms with Gasteiger partial charge in [-0.1, -0.05) is 10.7 Å². The minimum Gasteiger partial charge on any atom is -0.575 e. The quantitative estimate of drug-likeness (QED) is 0.191. The molecule has 0 spiro atoms. The van der Waals surface area contributed by atoms with Crippen molar-refractivity contribution in [2.75, 3.05) is 0 Å². The normalized spacial score (nSPS) is 18.0. The Kier molecular flexibility index (Phi) is 3.51. The van der Waals surface area contributed by atoms with Gasteiger partial charge in [-0.25, -0.2) is 0 Å². The van der Waals surface area contributed by atoms with Gasteiger partial charge in [-0.05, 0) is 5.59 Å². The third-order valence-corrected chi connectivity index (χ3v) is 0.285. The second kappa shape index (κ2) is 3.65. The van der Waals surface area contributed by atoms with Gasteiger partial charge in [-0.15, -0.1) is 5.84 Å². The van der Waals surface area contributed by atoms with Gasteiger partial charge in [0.05, 0.1) is 0 Å². The number of rotatable bonds is 3. The first-order valence-electron chi connectivity index (χ1n) is 1.58. The van der Waals surface area contributed by atoms with Crippen LogP contribution in [0.1, 0.15) is 0 Å². The topological polar surface area (TPSA) is 123 Å². The average molecular weight is 126 g/mol. The van der Waals surface area contributed by atoms with Crippen LogP contribution in [0.3, 0.4) is 0 Å². The predicted molar refractivity (Wildman–Crippen MR) is 18.9 cm³/mol. The van der Waals surface area contributed by atoms with Crippen molar-refractivity contribution in [2.45, 2.75) is 0 Å². The summed E-state index contributed by atoms with van der Waals surface area (Å²) in [4.78, 5) is 3.54. The molecule has 50 valence electrons. The first-order valence-corrected chi connectivity index (χ1v) is 1.58. The molecular formula is H6N4O4. The van der Waals surface area contributed by atoms with E-state index in [1.54, 1.807) is 0 Å². The maximum Gasteiger partial charge on any atom is 0.0353 e. The molecule has 0 fully saturated rings. The highest BCUT2D eigenvalue weighted by Crippen LogP contribution is 1.19. The van der Waals surface area contributed by atoms with Crippen LogP contribution in [0.4, 0.5) is 0 Å². The number of hydrogen-bond donors (Lipinski definition) is 5. The van der Waals surface area contributed by atoms with E-state index in [4.69, 9.17) is 5.21 Å². The molecule has 8 nitrogen and oxygen atoms in total. The minimum absolute atomic E-state index is 1.03. The van der Waals surface area contributed by atoms with Gasteiger partial charge in [-0.3, -0.25) is 5.21 Å². The molecule has 0 aliphatic rings. The third-order valence-electron chi connectivity index (χ3n) is 0.285. The summed E-state index contributed by atoms with van der Waals surface area (Å²) >= 11 is 0. The van der Waals surface area contributed by atoms with Gasteiger partial charge >= 0.3 is 0 Å². The predicted octanol–water partition coefficient (Wildman–Crippen LogP) is -4.63. The van der Waals surface area contributed by atoms with Crippen LogP contribution in [-0.2, 0) is 4.94 Å². The van der Waals surface area contributed by atoms with Crippen LogP contribution < -0.4 is 22.1 Å². The molecule has 0 aromatic rings. The largest absolute Gasteiger partial charge is 0.575 e. The Labute approximate surface area is 44.0 Å². The van der Waals surface area contributed by atoms with E-state index in [1.165, 1.54) is 0 Å². The van der Waals surface area contributed by atoms with Crippen LogP contribution in [0.2, 0.25) is 0 Å². The summed E-state index contributed by atoms with van der Waals surface area (Å²) in [6, 6.07) is 0. The molecule has 0 saturated heterocycles. The van der Waals surface area contributed by atoms with Gasteiger partial charge in [0.1, 0.15) is 0 Å². The van der Waals surface area contributed by atoms with Gasteiger partial charge < -0.3 is 10.4 Å². The summed E-state index contributed by atoms with van der Waals surface area (Å²) < 4.78 is 0. The van der Waals surface area contributed by atoms with Crippen molar-refractivity contribution in [1.29, 1.82) is 0 Å². The summed E-state index contributed by atoms with van der Waals surface area (Å²) in [6.45, 7) is 0. The molecule has 8 heavy (non-hydrogen) atoms. The van der Waals surface area contributed by atoms with E-state index < -0.39 is 10.7 Å². The molecular weight excluding hydrogens is 120 g/mol. The lowest BCUT2D eigenvalue weighted by atomic mass is 12.4. The zero-order valence-corrected chi connectivity index (χ0v) is 3.75. The maximum absolute atomic E-state index is 9.74. The zero-order chi connectivity index (χ0) is 6.57. The minimum atomic E-state index is -1.29. The maximum atomic E-state index is 9.74. The molecule has 0 amide bonds. The van der Waals surface area contributed by atoms with Crippen LogP contribution in [0, 0.1) is 10.4 Å². The summed E-state index contributed by atoms with van der Waals surface area (Å²) in [5.41, 5.74) is 1.03. The van der Waals surface area contributed by atoms with Crippen molar-refractivity contribution < 1.29 is 20.8 Å². The summed E-state index contributed by atoms with van der Waals surface area (Å²) in [6.07, 6.45) is 0. The Morgan fingerprint density at radius 2 is 2.12 bits per heavy atom. The van der Waals surface area contributed by atoms with Gasteiger partial charge in [0, 0.05) is 4.94 Å². The number of nitrogens with one attached hydrogen (secondary N) is 3. The first kappa shape index (κ1) is 7.68. The Balaban J connectivity index is 3.10. The van der Waals surface area contributed by atoms with Gasteiger partial charge in [0.15, 0.2) is 0 Å². The number of quaternary nitrogens is 2. The lowest BCUT2D eigenvalue weighted by Gasteiger charge is -2.17. The molecule has 2 atom stereocenters. The van der Waals surface area contributed by atoms with E-state index in [0.29, 0.717) is 0 Å². The Bertz CT molecular complexity index is 54.0. The zero-order valence-electron chi connectivity index (χ0n) is 3.75. The van der Waals surface area contributed by atoms with Crippen molar-refractivity contribution in [3.8, 4) is 0 Å². The third kappa shape index (κ3) is 3.86. The first-order chi connectivity index (χ1) is 3.66. The van der Waals surface area contributed by atoms with E-state index in [2.05, 4.69) is 10.8 Å². The fourth-order valence-corrected chi connectivity index (χ4v) is 0.114. The molecule has 0 bridgehead atoms. The fourth-order valence-electron chi connectivity index (χ4n) is 0.114. The molecule has 0 saturated carbocycles. The smallest absolute Gasteiger partial charge is 0.0353 e. The van der Waals surface area contributed by atoms with Gasteiger partial charge in [0.25, 0.3) is 0 Å². The van der Waals surface area contributed by atoms with Crippen molar-refractivity contribution in [3.05, 3.63) is 10.4 Å². The van der Waals surface area contributed by atoms with Crippen molar-refractivity contribution >= 4 is 0 Å². The second-order valence-electron chi connectivity index (χ2n) is 0.820.